The predicted molar refractivity (Wildman–Crippen MR) is 75.4 cm³/mol. The topological polar surface area (TPSA) is 91.9 Å². The summed E-state index contributed by atoms with van der Waals surface area (Å²) in [5.41, 5.74) is 0.319. The zero-order valence-electron chi connectivity index (χ0n) is 11.4. The summed E-state index contributed by atoms with van der Waals surface area (Å²) in [4.78, 5) is 11.9. The summed E-state index contributed by atoms with van der Waals surface area (Å²) in [5.74, 6) is 0.0593. The highest BCUT2D eigenvalue weighted by Crippen LogP contribution is 2.43. The Balaban J connectivity index is 2.21. The van der Waals surface area contributed by atoms with Gasteiger partial charge in [-0.2, -0.15) is 5.10 Å². The largest absolute Gasteiger partial charge is 0.351 e. The molecule has 0 atom stereocenters. The van der Waals surface area contributed by atoms with Gasteiger partial charge in [0.15, 0.2) is 5.69 Å². The third kappa shape index (κ3) is 3.52. The average molecular weight is 320 g/mol. The summed E-state index contributed by atoms with van der Waals surface area (Å²) in [5, 5.41) is 9.16. The second-order valence-corrected chi connectivity index (χ2v) is 7.97. The number of aromatic nitrogens is 2. The molecule has 1 fully saturated rings. The summed E-state index contributed by atoms with van der Waals surface area (Å²) in [7, 11) is 1.45. The lowest BCUT2D eigenvalue weighted by Gasteiger charge is -2.06. The number of nitrogens with zero attached hydrogens (tertiary/aromatic N) is 1. The molecule has 1 aromatic heterocycles. The Bertz CT molecular complexity index is 605. The Kier molecular flexibility index (Phi) is 4.39. The third-order valence-corrected chi connectivity index (χ3v) is 4.56. The van der Waals surface area contributed by atoms with Crippen molar-refractivity contribution in [2.45, 2.75) is 43.9 Å². The first-order valence-corrected chi connectivity index (χ1v) is 8.92. The number of hydrogen-bond donors (Lipinski definition) is 2. The molecule has 0 unspecified atom stereocenters. The molecule has 1 heterocycles. The van der Waals surface area contributed by atoms with Crippen molar-refractivity contribution in [3.05, 3.63) is 11.4 Å². The molecular weight excluding hydrogens is 302 g/mol. The van der Waals surface area contributed by atoms with E-state index in [1.54, 1.807) is 0 Å². The van der Waals surface area contributed by atoms with Crippen LogP contribution in [0.15, 0.2) is 4.90 Å². The molecule has 0 aliphatic heterocycles. The van der Waals surface area contributed by atoms with Crippen molar-refractivity contribution >= 4 is 25.6 Å². The first-order chi connectivity index (χ1) is 9.30. The van der Waals surface area contributed by atoms with E-state index in [-0.39, 0.29) is 16.5 Å². The van der Waals surface area contributed by atoms with E-state index in [0.29, 0.717) is 18.2 Å². The quantitative estimate of drug-likeness (QED) is 0.784. The molecule has 1 aromatic rings. The Morgan fingerprint density at radius 3 is 2.65 bits per heavy atom. The lowest BCUT2D eigenvalue weighted by molar-refractivity contribution is 0.0943. The van der Waals surface area contributed by atoms with Crippen molar-refractivity contribution in [2.24, 2.45) is 5.92 Å². The number of aromatic amines is 1. The van der Waals surface area contributed by atoms with Gasteiger partial charge in [0, 0.05) is 23.1 Å². The molecule has 0 bridgehead atoms. The van der Waals surface area contributed by atoms with Gasteiger partial charge in [0.1, 0.15) is 4.90 Å². The van der Waals surface area contributed by atoms with Crippen molar-refractivity contribution in [1.82, 2.24) is 15.5 Å². The van der Waals surface area contributed by atoms with Crippen molar-refractivity contribution in [2.75, 3.05) is 6.54 Å². The lowest BCUT2D eigenvalue weighted by Crippen LogP contribution is -2.26. The number of H-pyrrole nitrogens is 1. The summed E-state index contributed by atoms with van der Waals surface area (Å²) < 4.78 is 23.4. The van der Waals surface area contributed by atoms with Gasteiger partial charge in [-0.1, -0.05) is 13.8 Å². The van der Waals surface area contributed by atoms with Crippen LogP contribution in [-0.2, 0) is 9.05 Å². The van der Waals surface area contributed by atoms with Crippen molar-refractivity contribution in [3.63, 3.8) is 0 Å². The fourth-order valence-corrected chi connectivity index (χ4v) is 3.27. The highest BCUT2D eigenvalue weighted by Gasteiger charge is 2.36. The smallest absolute Gasteiger partial charge is 0.273 e. The molecule has 2 N–H and O–H groups in total. The molecule has 0 spiro atoms. The van der Waals surface area contributed by atoms with Crippen LogP contribution in [0, 0.1) is 5.92 Å². The van der Waals surface area contributed by atoms with Crippen LogP contribution in [0.25, 0.3) is 0 Å². The highest BCUT2D eigenvalue weighted by molar-refractivity contribution is 8.13. The van der Waals surface area contributed by atoms with Gasteiger partial charge in [0.2, 0.25) is 0 Å². The van der Waals surface area contributed by atoms with E-state index >= 15 is 0 Å². The van der Waals surface area contributed by atoms with Crippen LogP contribution < -0.4 is 5.32 Å². The fourth-order valence-electron chi connectivity index (χ4n) is 1.95. The van der Waals surface area contributed by atoms with Crippen LogP contribution in [0.5, 0.6) is 0 Å². The van der Waals surface area contributed by atoms with Gasteiger partial charge in [-0.05, 0) is 25.2 Å². The maximum Gasteiger partial charge on any atom is 0.273 e. The van der Waals surface area contributed by atoms with Crippen molar-refractivity contribution < 1.29 is 13.2 Å². The van der Waals surface area contributed by atoms with Crippen LogP contribution in [0.3, 0.4) is 0 Å². The molecule has 1 amide bonds. The summed E-state index contributed by atoms with van der Waals surface area (Å²) >= 11 is 0. The van der Waals surface area contributed by atoms with Gasteiger partial charge in [-0.15, -0.1) is 0 Å². The molecule has 0 radical (unpaired) electrons. The molecule has 6 nitrogen and oxygen atoms in total. The standard InChI is InChI=1S/C12H18ClN3O3S/c1-7(2)5-6-14-12(17)10-11(20(13,18)19)9(15-16-10)8-3-4-8/h7-8H,3-6H2,1-2H3,(H,14,17)(H,15,16). The minimum atomic E-state index is -3.99. The zero-order chi connectivity index (χ0) is 14.9. The minimum Gasteiger partial charge on any atom is -0.351 e. The first-order valence-electron chi connectivity index (χ1n) is 6.61. The SMILES string of the molecule is CC(C)CCNC(=O)c1n[nH]c(C2CC2)c1S(=O)(=O)Cl. The number of rotatable bonds is 6. The molecule has 112 valence electrons. The van der Waals surface area contributed by atoms with Crippen LogP contribution in [0.1, 0.15) is 55.2 Å². The van der Waals surface area contributed by atoms with E-state index in [2.05, 4.69) is 15.5 Å². The number of halogens is 1. The first kappa shape index (κ1) is 15.3. The Morgan fingerprint density at radius 1 is 1.50 bits per heavy atom. The summed E-state index contributed by atoms with van der Waals surface area (Å²) in [6.45, 7) is 4.56. The maximum atomic E-state index is 12.0. The van der Waals surface area contributed by atoms with Gasteiger partial charge in [0.05, 0.1) is 5.69 Å². The normalized spacial score (nSPS) is 15.6. The number of carbonyl (C=O) groups is 1. The van der Waals surface area contributed by atoms with Gasteiger partial charge in [-0.25, -0.2) is 8.42 Å². The molecule has 20 heavy (non-hydrogen) atoms. The Hall–Kier alpha value is -1.08. The van der Waals surface area contributed by atoms with Crippen molar-refractivity contribution in [3.8, 4) is 0 Å². The Morgan fingerprint density at radius 2 is 2.15 bits per heavy atom. The maximum absolute atomic E-state index is 12.0. The monoisotopic (exact) mass is 319 g/mol. The molecule has 8 heteroatoms. The molecular formula is C12H18ClN3O3S. The highest BCUT2D eigenvalue weighted by atomic mass is 35.7. The molecule has 0 aromatic carbocycles. The van der Waals surface area contributed by atoms with E-state index in [4.69, 9.17) is 10.7 Å². The number of amides is 1. The van der Waals surface area contributed by atoms with Crippen LogP contribution in [0.2, 0.25) is 0 Å². The average Bonchev–Trinajstić information content (AvgIpc) is 3.05. The fraction of sp³-hybridized carbons (Fsp3) is 0.667. The molecule has 2 rings (SSSR count). The molecule has 1 saturated carbocycles. The van der Waals surface area contributed by atoms with Gasteiger partial charge in [-0.3, -0.25) is 9.89 Å². The number of hydrogen-bond acceptors (Lipinski definition) is 4. The molecule has 1 aliphatic carbocycles. The summed E-state index contributed by atoms with van der Waals surface area (Å²) in [6.07, 6.45) is 2.58. The molecule has 0 saturated heterocycles. The minimum absolute atomic E-state index is 0.114. The number of carbonyl (C=O) groups excluding carboxylic acids is 1. The van der Waals surface area contributed by atoms with E-state index < -0.39 is 15.0 Å². The van der Waals surface area contributed by atoms with Crippen molar-refractivity contribution in [1.29, 1.82) is 0 Å². The number of nitrogens with one attached hydrogen (secondary N) is 2. The molecule has 1 aliphatic rings. The van der Waals surface area contributed by atoms with E-state index in [1.807, 2.05) is 13.8 Å². The van der Waals surface area contributed by atoms with E-state index in [0.717, 1.165) is 19.3 Å². The Labute approximate surface area is 122 Å². The van der Waals surface area contributed by atoms with Crippen LogP contribution in [-0.4, -0.2) is 31.1 Å². The third-order valence-electron chi connectivity index (χ3n) is 3.20. The van der Waals surface area contributed by atoms with Gasteiger partial charge in [0.25, 0.3) is 15.0 Å². The van der Waals surface area contributed by atoms with E-state index in [9.17, 15) is 13.2 Å². The van der Waals surface area contributed by atoms with E-state index in [1.165, 1.54) is 0 Å². The predicted octanol–water partition coefficient (Wildman–Crippen LogP) is 1.99. The van der Waals surface area contributed by atoms with Gasteiger partial charge >= 0.3 is 0 Å². The van der Waals surface area contributed by atoms with Crippen LogP contribution in [0.4, 0.5) is 0 Å². The van der Waals surface area contributed by atoms with Crippen LogP contribution >= 0.6 is 10.7 Å². The lowest BCUT2D eigenvalue weighted by atomic mass is 10.1. The zero-order valence-corrected chi connectivity index (χ0v) is 13.0. The second-order valence-electron chi connectivity index (χ2n) is 5.47. The van der Waals surface area contributed by atoms with Gasteiger partial charge < -0.3 is 5.32 Å². The summed E-state index contributed by atoms with van der Waals surface area (Å²) in [6, 6.07) is 0. The second kappa shape index (κ2) is 5.73.